The first-order valence-electron chi connectivity index (χ1n) is 7.96. The van der Waals surface area contributed by atoms with E-state index in [4.69, 9.17) is 4.74 Å². The molecule has 0 radical (unpaired) electrons. The second-order valence-electron chi connectivity index (χ2n) is 5.36. The Bertz CT molecular complexity index is 841. The van der Waals surface area contributed by atoms with Crippen molar-refractivity contribution >= 4 is 33.4 Å². The lowest BCUT2D eigenvalue weighted by molar-refractivity contribution is 0.410. The largest absolute Gasteiger partial charge is 0.496 e. The number of halogens is 1. The maximum absolute atomic E-state index is 5.37. The summed E-state index contributed by atoms with van der Waals surface area (Å²) in [5, 5.41) is 6.54. The lowest BCUT2D eigenvalue weighted by Crippen LogP contribution is -2.09. The summed E-state index contributed by atoms with van der Waals surface area (Å²) in [6.07, 6.45) is 2.56. The minimum Gasteiger partial charge on any atom is -0.496 e. The Balaban J connectivity index is 1.61. The molecule has 0 aliphatic rings. The molecule has 0 spiro atoms. The lowest BCUT2D eigenvalue weighted by Gasteiger charge is -2.11. The van der Waals surface area contributed by atoms with E-state index in [1.165, 1.54) is 0 Å². The van der Waals surface area contributed by atoms with Crippen molar-refractivity contribution in [3.63, 3.8) is 0 Å². The van der Waals surface area contributed by atoms with E-state index < -0.39 is 0 Å². The summed E-state index contributed by atoms with van der Waals surface area (Å²) >= 11 is 3.52. The quantitative estimate of drug-likeness (QED) is 0.606. The molecule has 1 heterocycles. The minimum absolute atomic E-state index is 0.590. The average Bonchev–Trinajstić information content (AvgIpc) is 2.64. The lowest BCUT2D eigenvalue weighted by atomic mass is 10.1. The summed E-state index contributed by atoms with van der Waals surface area (Å²) in [6, 6.07) is 17.8. The molecule has 0 unspecified atom stereocenters. The molecule has 25 heavy (non-hydrogen) atoms. The normalized spacial score (nSPS) is 10.3. The molecule has 5 nitrogen and oxygen atoms in total. The van der Waals surface area contributed by atoms with Gasteiger partial charge in [0.1, 0.15) is 11.6 Å². The van der Waals surface area contributed by atoms with Crippen LogP contribution in [0.3, 0.4) is 0 Å². The van der Waals surface area contributed by atoms with Crippen molar-refractivity contribution in [2.75, 3.05) is 24.3 Å². The Hall–Kier alpha value is -2.60. The highest BCUT2D eigenvalue weighted by molar-refractivity contribution is 9.10. The molecule has 1 aromatic heterocycles. The fourth-order valence-electron chi connectivity index (χ4n) is 2.43. The van der Waals surface area contributed by atoms with Crippen molar-refractivity contribution in [2.24, 2.45) is 0 Å². The van der Waals surface area contributed by atoms with Gasteiger partial charge in [-0.25, -0.2) is 4.98 Å². The van der Waals surface area contributed by atoms with Gasteiger partial charge in [-0.05, 0) is 52.2 Å². The average molecular weight is 399 g/mol. The molecule has 0 amide bonds. The Labute approximate surface area is 155 Å². The van der Waals surface area contributed by atoms with Gasteiger partial charge in [0.25, 0.3) is 0 Å². The molecule has 0 aliphatic heterocycles. The van der Waals surface area contributed by atoms with Crippen LogP contribution in [0.15, 0.2) is 65.3 Å². The monoisotopic (exact) mass is 398 g/mol. The van der Waals surface area contributed by atoms with Gasteiger partial charge in [0.2, 0.25) is 5.95 Å². The Kier molecular flexibility index (Phi) is 5.85. The van der Waals surface area contributed by atoms with Crippen molar-refractivity contribution in [1.82, 2.24) is 9.97 Å². The third-order valence-electron chi connectivity index (χ3n) is 3.66. The summed E-state index contributed by atoms with van der Waals surface area (Å²) < 4.78 is 6.36. The van der Waals surface area contributed by atoms with Crippen molar-refractivity contribution in [3.05, 3.63) is 70.8 Å². The predicted molar refractivity (Wildman–Crippen MR) is 105 cm³/mol. The molecular formula is C19H19BrN4O. The molecule has 0 aliphatic carbocycles. The zero-order chi connectivity index (χ0) is 17.5. The Morgan fingerprint density at radius 2 is 1.84 bits per heavy atom. The first-order chi connectivity index (χ1) is 12.3. The number of benzene rings is 2. The smallest absolute Gasteiger partial charge is 0.224 e. The van der Waals surface area contributed by atoms with E-state index in [0.29, 0.717) is 5.95 Å². The summed E-state index contributed by atoms with van der Waals surface area (Å²) in [7, 11) is 1.69. The second kappa shape index (κ2) is 8.48. The van der Waals surface area contributed by atoms with Gasteiger partial charge in [-0.15, -0.1) is 0 Å². The van der Waals surface area contributed by atoms with Gasteiger partial charge in [0.05, 0.1) is 12.8 Å². The Morgan fingerprint density at radius 3 is 2.68 bits per heavy atom. The number of rotatable bonds is 7. The molecule has 128 valence electrons. The van der Waals surface area contributed by atoms with Gasteiger partial charge in [0, 0.05) is 17.2 Å². The number of hydrogen-bond donors (Lipinski definition) is 2. The van der Waals surface area contributed by atoms with Gasteiger partial charge in [-0.2, -0.15) is 4.98 Å². The van der Waals surface area contributed by atoms with E-state index in [-0.39, 0.29) is 0 Å². The zero-order valence-corrected chi connectivity index (χ0v) is 15.5. The molecule has 0 saturated heterocycles. The topological polar surface area (TPSA) is 59.1 Å². The van der Waals surface area contributed by atoms with Crippen molar-refractivity contribution in [3.8, 4) is 5.75 Å². The van der Waals surface area contributed by atoms with E-state index in [1.54, 1.807) is 13.3 Å². The number of hydrogen-bond acceptors (Lipinski definition) is 5. The van der Waals surface area contributed by atoms with Gasteiger partial charge in [-0.3, -0.25) is 0 Å². The molecule has 2 N–H and O–H groups in total. The zero-order valence-electron chi connectivity index (χ0n) is 13.9. The van der Waals surface area contributed by atoms with Gasteiger partial charge in [-0.1, -0.05) is 30.3 Å². The summed E-state index contributed by atoms with van der Waals surface area (Å²) in [5.74, 6) is 2.23. The Morgan fingerprint density at radius 1 is 1.04 bits per heavy atom. The van der Waals surface area contributed by atoms with Gasteiger partial charge in [0.15, 0.2) is 0 Å². The number of anilines is 3. The van der Waals surface area contributed by atoms with Gasteiger partial charge < -0.3 is 15.4 Å². The van der Waals surface area contributed by atoms with Crippen LogP contribution in [0.25, 0.3) is 0 Å². The summed E-state index contributed by atoms with van der Waals surface area (Å²) in [5.41, 5.74) is 2.11. The molecule has 0 atom stereocenters. The third-order valence-corrected chi connectivity index (χ3v) is 4.35. The van der Waals surface area contributed by atoms with Crippen molar-refractivity contribution in [1.29, 1.82) is 0 Å². The molecule has 2 aromatic carbocycles. The highest BCUT2D eigenvalue weighted by Gasteiger charge is 2.04. The number of methoxy groups -OCH3 is 1. The van der Waals surface area contributed by atoms with Crippen LogP contribution in [-0.2, 0) is 6.42 Å². The van der Waals surface area contributed by atoms with E-state index in [2.05, 4.69) is 42.6 Å². The van der Waals surface area contributed by atoms with E-state index in [9.17, 15) is 0 Å². The molecule has 3 rings (SSSR count). The molecule has 0 saturated carbocycles. The predicted octanol–water partition coefficient (Wildman–Crippen LogP) is 4.65. The van der Waals surface area contributed by atoms with Crippen molar-refractivity contribution in [2.45, 2.75) is 6.42 Å². The van der Waals surface area contributed by atoms with Crippen LogP contribution >= 0.6 is 15.9 Å². The fourth-order valence-corrected chi connectivity index (χ4v) is 2.82. The molecule has 3 aromatic rings. The van der Waals surface area contributed by atoms with Crippen LogP contribution in [-0.4, -0.2) is 23.6 Å². The number of nitrogens with zero attached hydrogens (tertiary/aromatic N) is 2. The molecule has 6 heteroatoms. The fraction of sp³-hybridized carbons (Fsp3) is 0.158. The molecule has 0 fully saturated rings. The van der Waals surface area contributed by atoms with E-state index in [1.807, 2.05) is 48.5 Å². The molecule has 0 bridgehead atoms. The SMILES string of the molecule is COc1ccccc1CCNc1nccc(Nc2ccccc2Br)n1. The summed E-state index contributed by atoms with van der Waals surface area (Å²) in [6.45, 7) is 0.721. The van der Waals surface area contributed by atoms with Crippen LogP contribution in [0.1, 0.15) is 5.56 Å². The number of aromatic nitrogens is 2. The van der Waals surface area contributed by atoms with Crippen molar-refractivity contribution < 1.29 is 4.74 Å². The third kappa shape index (κ3) is 4.70. The minimum atomic E-state index is 0.590. The van der Waals surface area contributed by atoms with E-state index >= 15 is 0 Å². The molecular weight excluding hydrogens is 380 g/mol. The van der Waals surface area contributed by atoms with Crippen LogP contribution < -0.4 is 15.4 Å². The van der Waals surface area contributed by atoms with Crippen LogP contribution in [0.4, 0.5) is 17.5 Å². The highest BCUT2D eigenvalue weighted by atomic mass is 79.9. The van der Waals surface area contributed by atoms with E-state index in [0.717, 1.165) is 40.3 Å². The summed E-state index contributed by atoms with van der Waals surface area (Å²) in [4.78, 5) is 8.77. The van der Waals surface area contributed by atoms with Gasteiger partial charge >= 0.3 is 0 Å². The first kappa shape index (κ1) is 17.2. The van der Waals surface area contributed by atoms with Crippen LogP contribution in [0.2, 0.25) is 0 Å². The maximum Gasteiger partial charge on any atom is 0.224 e. The maximum atomic E-state index is 5.37. The standard InChI is InChI=1S/C19H19BrN4O/c1-25-17-9-5-2-6-14(17)10-12-21-19-22-13-11-18(24-19)23-16-8-4-3-7-15(16)20/h2-9,11,13H,10,12H2,1H3,(H2,21,22,23,24). The number of ether oxygens (including phenoxy) is 1. The number of para-hydroxylation sites is 2. The first-order valence-corrected chi connectivity index (χ1v) is 8.76. The van der Waals surface area contributed by atoms with Crippen LogP contribution in [0.5, 0.6) is 5.75 Å². The number of nitrogens with one attached hydrogen (secondary N) is 2. The van der Waals surface area contributed by atoms with Crippen LogP contribution in [0, 0.1) is 0 Å². The highest BCUT2D eigenvalue weighted by Crippen LogP contribution is 2.24. The second-order valence-corrected chi connectivity index (χ2v) is 6.21.